The number of imide groups is 1. The topological polar surface area (TPSA) is 88.2 Å². The monoisotopic (exact) mass is 489 g/mol. The summed E-state index contributed by atoms with van der Waals surface area (Å²) in [6, 6.07) is 7.74. The standard InChI is InChI=1S/C25H23B4N3O5/c26-21-14(12-31-8-10-36-11-9-31)4-5-17(22(21)27)25(28,29)37-19-3-1-2-15-16(19)13-32(24(15)35)18-6-7-20(33)30-23(18)34/h1-5,18H,6-13H2,(H,30,33,34). The molecule has 5 rings (SSSR count). The quantitative estimate of drug-likeness (QED) is 0.389. The third kappa shape index (κ3) is 4.97. The highest BCUT2D eigenvalue weighted by Crippen LogP contribution is 2.35. The maximum Gasteiger partial charge on any atom is 0.255 e. The van der Waals surface area contributed by atoms with Crippen LogP contribution in [-0.4, -0.2) is 91.3 Å². The number of nitrogens with zero attached hydrogens (tertiary/aromatic N) is 2. The highest BCUT2D eigenvalue weighted by Gasteiger charge is 2.40. The van der Waals surface area contributed by atoms with E-state index in [0.29, 0.717) is 47.7 Å². The molecule has 0 aliphatic carbocycles. The van der Waals surface area contributed by atoms with Crippen LogP contribution in [0, 0.1) is 0 Å². The Morgan fingerprint density at radius 3 is 2.54 bits per heavy atom. The molecule has 8 radical (unpaired) electrons. The van der Waals surface area contributed by atoms with Gasteiger partial charge in [0.25, 0.3) is 5.91 Å². The van der Waals surface area contributed by atoms with E-state index in [1.807, 2.05) is 6.07 Å². The van der Waals surface area contributed by atoms with Crippen molar-refractivity contribution in [2.45, 2.75) is 37.4 Å². The normalized spacial score (nSPS) is 20.6. The number of hydrogen-bond acceptors (Lipinski definition) is 6. The number of hydrogen-bond donors (Lipinski definition) is 1. The van der Waals surface area contributed by atoms with Gasteiger partial charge in [-0.3, -0.25) is 24.6 Å². The minimum atomic E-state index is -1.85. The van der Waals surface area contributed by atoms with Gasteiger partial charge in [-0.25, -0.2) is 0 Å². The largest absolute Gasteiger partial charge is 0.502 e. The average molecular weight is 489 g/mol. The van der Waals surface area contributed by atoms with Crippen molar-refractivity contribution in [1.82, 2.24) is 15.1 Å². The third-order valence-corrected chi connectivity index (χ3v) is 7.11. The Morgan fingerprint density at radius 2 is 1.81 bits per heavy atom. The summed E-state index contributed by atoms with van der Waals surface area (Å²) in [5, 5.41) is 0.440. The van der Waals surface area contributed by atoms with E-state index in [1.54, 1.807) is 24.3 Å². The van der Waals surface area contributed by atoms with Crippen LogP contribution in [0.4, 0.5) is 0 Å². The zero-order valence-electron chi connectivity index (χ0n) is 20.4. The summed E-state index contributed by atoms with van der Waals surface area (Å²) in [6.07, 6.45) is 0.418. The molecule has 180 valence electrons. The van der Waals surface area contributed by atoms with Crippen LogP contribution in [0.5, 0.6) is 5.75 Å². The summed E-state index contributed by atoms with van der Waals surface area (Å²) in [4.78, 5) is 40.7. The highest BCUT2D eigenvalue weighted by molar-refractivity contribution is 6.51. The van der Waals surface area contributed by atoms with E-state index in [2.05, 4.69) is 10.2 Å². The highest BCUT2D eigenvalue weighted by atomic mass is 16.5. The van der Waals surface area contributed by atoms with Crippen molar-refractivity contribution < 1.29 is 23.9 Å². The Balaban J connectivity index is 1.37. The van der Waals surface area contributed by atoms with Crippen LogP contribution in [0.2, 0.25) is 0 Å². The van der Waals surface area contributed by atoms with Crippen LogP contribution >= 0.6 is 0 Å². The van der Waals surface area contributed by atoms with Crippen LogP contribution in [-0.2, 0) is 32.8 Å². The minimum Gasteiger partial charge on any atom is -0.502 e. The molecule has 1 unspecified atom stereocenters. The second-order valence-electron chi connectivity index (χ2n) is 9.57. The zero-order valence-corrected chi connectivity index (χ0v) is 20.4. The molecule has 8 nitrogen and oxygen atoms in total. The van der Waals surface area contributed by atoms with Gasteiger partial charge in [-0.2, -0.15) is 0 Å². The first-order valence-corrected chi connectivity index (χ1v) is 12.2. The number of benzene rings is 2. The van der Waals surface area contributed by atoms with Gasteiger partial charge in [0, 0.05) is 42.6 Å². The molecule has 2 saturated heterocycles. The van der Waals surface area contributed by atoms with Gasteiger partial charge in [0.15, 0.2) is 0 Å². The lowest BCUT2D eigenvalue weighted by atomic mass is 9.57. The van der Waals surface area contributed by atoms with Gasteiger partial charge in [0.05, 0.1) is 19.8 Å². The first-order valence-electron chi connectivity index (χ1n) is 12.2. The average Bonchev–Trinajstić information content (AvgIpc) is 3.19. The van der Waals surface area contributed by atoms with E-state index in [1.165, 1.54) is 4.90 Å². The van der Waals surface area contributed by atoms with Crippen LogP contribution in [0.15, 0.2) is 30.3 Å². The van der Waals surface area contributed by atoms with E-state index in [9.17, 15) is 14.4 Å². The minimum absolute atomic E-state index is 0.114. The zero-order chi connectivity index (χ0) is 26.3. The number of fused-ring (bicyclic) bond motifs is 1. The molecule has 1 atom stereocenters. The molecule has 3 aliphatic rings. The molecule has 1 N–H and O–H groups in total. The predicted molar refractivity (Wildman–Crippen MR) is 140 cm³/mol. The van der Waals surface area contributed by atoms with E-state index in [4.69, 9.17) is 40.9 Å². The Labute approximate surface area is 221 Å². The Hall–Kier alpha value is -2.97. The maximum absolute atomic E-state index is 13.1. The second kappa shape index (κ2) is 10.1. The Morgan fingerprint density at radius 1 is 1.05 bits per heavy atom. The van der Waals surface area contributed by atoms with Crippen molar-refractivity contribution in [3.63, 3.8) is 0 Å². The first-order chi connectivity index (χ1) is 17.7. The molecule has 0 spiro atoms. The molecule has 12 heteroatoms. The van der Waals surface area contributed by atoms with Crippen LogP contribution in [0.25, 0.3) is 0 Å². The second-order valence-corrected chi connectivity index (χ2v) is 9.57. The molecular formula is C25H23B4N3O5. The van der Waals surface area contributed by atoms with E-state index < -0.39 is 17.3 Å². The maximum atomic E-state index is 13.1. The summed E-state index contributed by atoms with van der Waals surface area (Å²) in [5.41, 5.74) is 2.69. The Kier molecular flexibility index (Phi) is 6.98. The molecule has 2 aromatic rings. The van der Waals surface area contributed by atoms with Crippen LogP contribution in [0.1, 0.15) is 39.9 Å². The number of nitrogens with one attached hydrogen (secondary N) is 1. The van der Waals surface area contributed by atoms with E-state index in [-0.39, 0.29) is 36.7 Å². The molecular weight excluding hydrogens is 466 g/mol. The predicted octanol–water partition coefficient (Wildman–Crippen LogP) is -1.61. The van der Waals surface area contributed by atoms with Gasteiger partial charge in [0.2, 0.25) is 11.8 Å². The molecule has 0 saturated carbocycles. The number of morpholine rings is 1. The summed E-state index contributed by atoms with van der Waals surface area (Å²) in [6.45, 7) is 3.67. The van der Waals surface area contributed by atoms with Gasteiger partial charge >= 0.3 is 0 Å². The SMILES string of the molecule is [B]c1c(CN2CCOCC2)ccc(C([B])([B])Oc2cccc3c2CN(C2CCC(=O)NC2=O)C3=O)c1[B]. The molecule has 3 aliphatic heterocycles. The van der Waals surface area contributed by atoms with Crippen molar-refractivity contribution in [1.29, 1.82) is 0 Å². The van der Waals surface area contributed by atoms with E-state index >= 15 is 0 Å². The van der Waals surface area contributed by atoms with Gasteiger partial charge < -0.3 is 14.4 Å². The number of amides is 3. The smallest absolute Gasteiger partial charge is 0.255 e. The van der Waals surface area contributed by atoms with Crippen molar-refractivity contribution in [2.24, 2.45) is 0 Å². The Bertz CT molecular complexity index is 1270. The number of ether oxygens (including phenoxy) is 2. The number of carbonyl (C=O) groups is 3. The summed E-state index contributed by atoms with van der Waals surface area (Å²) in [7, 11) is 25.5. The van der Waals surface area contributed by atoms with Gasteiger partial charge in [0.1, 0.15) is 43.2 Å². The molecule has 0 bridgehead atoms. The lowest BCUT2D eigenvalue weighted by Crippen LogP contribution is -2.52. The fourth-order valence-corrected chi connectivity index (χ4v) is 5.05. The van der Waals surface area contributed by atoms with E-state index in [0.717, 1.165) is 18.7 Å². The third-order valence-electron chi connectivity index (χ3n) is 7.11. The number of carbonyl (C=O) groups excluding carboxylic acids is 3. The molecule has 37 heavy (non-hydrogen) atoms. The van der Waals surface area contributed by atoms with Crippen LogP contribution in [0.3, 0.4) is 0 Å². The lowest BCUT2D eigenvalue weighted by Gasteiger charge is -2.33. The lowest BCUT2D eigenvalue weighted by molar-refractivity contribution is -0.136. The molecule has 2 fully saturated rings. The molecule has 3 heterocycles. The van der Waals surface area contributed by atoms with Gasteiger partial charge in [-0.15, -0.1) is 0 Å². The summed E-state index contributed by atoms with van der Waals surface area (Å²) < 4.78 is 11.4. The molecule has 0 aromatic heterocycles. The van der Waals surface area contributed by atoms with Crippen molar-refractivity contribution in [3.05, 3.63) is 52.6 Å². The van der Waals surface area contributed by atoms with Crippen LogP contribution < -0.4 is 21.0 Å². The summed E-state index contributed by atoms with van der Waals surface area (Å²) >= 11 is 0. The van der Waals surface area contributed by atoms with Crippen molar-refractivity contribution in [2.75, 3.05) is 26.3 Å². The molecule has 2 aromatic carbocycles. The van der Waals surface area contributed by atoms with Gasteiger partial charge in [-0.1, -0.05) is 29.1 Å². The fourth-order valence-electron chi connectivity index (χ4n) is 5.05. The first kappa shape index (κ1) is 25.7. The van der Waals surface area contributed by atoms with Crippen molar-refractivity contribution in [3.8, 4) is 5.75 Å². The summed E-state index contributed by atoms with van der Waals surface area (Å²) in [5.74, 6) is -0.877. The van der Waals surface area contributed by atoms with Gasteiger partial charge in [-0.05, 0) is 29.7 Å². The molecule has 3 amide bonds. The van der Waals surface area contributed by atoms with Crippen molar-refractivity contribution >= 4 is 60.0 Å². The number of piperidine rings is 1. The fraction of sp³-hybridized carbons (Fsp3) is 0.400. The number of rotatable bonds is 6.